The van der Waals surface area contributed by atoms with Gasteiger partial charge in [-0.3, -0.25) is 0 Å². The molecule has 3 rings (SSSR count). The quantitative estimate of drug-likeness (QED) is 0.903. The Balaban J connectivity index is 1.70. The molecule has 2 nitrogen and oxygen atoms in total. The van der Waals surface area contributed by atoms with Crippen LogP contribution in [0.4, 0.5) is 0 Å². The summed E-state index contributed by atoms with van der Waals surface area (Å²) in [6.07, 6.45) is 4.15. The van der Waals surface area contributed by atoms with Crippen LogP contribution in [-0.2, 0) is 6.54 Å². The molecule has 1 unspecified atom stereocenters. The van der Waals surface area contributed by atoms with Gasteiger partial charge in [-0.15, -0.1) is 0 Å². The van der Waals surface area contributed by atoms with Gasteiger partial charge in [0.15, 0.2) is 0 Å². The summed E-state index contributed by atoms with van der Waals surface area (Å²) in [5.41, 5.74) is 2.88. The Labute approximate surface area is 122 Å². The van der Waals surface area contributed by atoms with Crippen molar-refractivity contribution < 1.29 is 0 Å². The number of rotatable bonds is 3. The average Bonchev–Trinajstić information content (AvgIpc) is 2.90. The zero-order chi connectivity index (χ0) is 14.4. The summed E-state index contributed by atoms with van der Waals surface area (Å²) in [7, 11) is 0. The van der Waals surface area contributed by atoms with E-state index >= 15 is 0 Å². The number of hydrogen-bond donors (Lipinski definition) is 1. The Morgan fingerprint density at radius 2 is 1.95 bits per heavy atom. The van der Waals surface area contributed by atoms with Crippen LogP contribution in [0.25, 0.3) is 0 Å². The first-order valence-electron chi connectivity index (χ1n) is 7.68. The third kappa shape index (κ3) is 2.05. The normalized spacial score (nSPS) is 34.1. The van der Waals surface area contributed by atoms with Crippen molar-refractivity contribution >= 4 is 0 Å². The van der Waals surface area contributed by atoms with E-state index in [0.717, 1.165) is 18.0 Å². The van der Waals surface area contributed by atoms with Crippen LogP contribution in [0.2, 0.25) is 0 Å². The first-order valence-corrected chi connectivity index (χ1v) is 7.68. The SMILES string of the molecule is CC1(C)C(NCc2ccc(C#N)cc2)[C@]2(C)CC[C@H]1C2. The predicted molar refractivity (Wildman–Crippen MR) is 81.0 cm³/mol. The summed E-state index contributed by atoms with van der Waals surface area (Å²) in [4.78, 5) is 0. The van der Waals surface area contributed by atoms with E-state index in [1.165, 1.54) is 24.8 Å². The lowest BCUT2D eigenvalue weighted by Crippen LogP contribution is -2.49. The molecule has 2 aliphatic rings. The average molecular weight is 268 g/mol. The molecule has 2 bridgehead atoms. The van der Waals surface area contributed by atoms with Crippen LogP contribution < -0.4 is 5.32 Å². The van der Waals surface area contributed by atoms with Crippen LogP contribution in [0.1, 0.15) is 51.2 Å². The molecule has 1 aromatic rings. The van der Waals surface area contributed by atoms with Crippen LogP contribution in [0.15, 0.2) is 24.3 Å². The molecule has 0 saturated heterocycles. The minimum atomic E-state index is 0.402. The van der Waals surface area contributed by atoms with Crippen LogP contribution in [0.5, 0.6) is 0 Å². The highest BCUT2D eigenvalue weighted by atomic mass is 15.0. The molecule has 3 atom stereocenters. The highest BCUT2D eigenvalue weighted by molar-refractivity contribution is 5.31. The zero-order valence-electron chi connectivity index (χ0n) is 12.7. The standard InChI is InChI=1S/C18H24N2/c1-17(2)15-8-9-18(3,10-15)16(17)20-12-14-6-4-13(11-19)5-7-14/h4-7,15-16,20H,8-10,12H2,1-3H3/t15-,16?,18+/m0/s1. The molecule has 0 spiro atoms. The molecule has 0 heterocycles. The number of nitrogens with zero attached hydrogens (tertiary/aromatic N) is 1. The molecule has 1 N–H and O–H groups in total. The van der Waals surface area contributed by atoms with Crippen LogP contribution in [0, 0.1) is 28.1 Å². The fourth-order valence-corrected chi connectivity index (χ4v) is 4.73. The van der Waals surface area contributed by atoms with Crippen molar-refractivity contribution in [2.45, 2.75) is 52.6 Å². The molecule has 2 saturated carbocycles. The summed E-state index contributed by atoms with van der Waals surface area (Å²) < 4.78 is 0. The second kappa shape index (κ2) is 4.60. The second-order valence-corrected chi connectivity index (χ2v) is 7.54. The Morgan fingerprint density at radius 3 is 2.50 bits per heavy atom. The van der Waals surface area contributed by atoms with Crippen LogP contribution in [-0.4, -0.2) is 6.04 Å². The van der Waals surface area contributed by atoms with E-state index in [-0.39, 0.29) is 0 Å². The number of nitriles is 1. The third-order valence-corrected chi connectivity index (χ3v) is 5.86. The molecule has 106 valence electrons. The molecular weight excluding hydrogens is 244 g/mol. The number of hydrogen-bond acceptors (Lipinski definition) is 2. The molecule has 0 aromatic heterocycles. The maximum atomic E-state index is 8.84. The van der Waals surface area contributed by atoms with E-state index in [1.54, 1.807) is 0 Å². The van der Waals surface area contributed by atoms with Crippen molar-refractivity contribution in [1.29, 1.82) is 5.26 Å². The number of benzene rings is 1. The van der Waals surface area contributed by atoms with Gasteiger partial charge in [-0.2, -0.15) is 5.26 Å². The van der Waals surface area contributed by atoms with Crippen molar-refractivity contribution in [3.63, 3.8) is 0 Å². The number of nitrogens with one attached hydrogen (secondary N) is 1. The fraction of sp³-hybridized carbons (Fsp3) is 0.611. The molecule has 1 aromatic carbocycles. The van der Waals surface area contributed by atoms with Gasteiger partial charge in [0.25, 0.3) is 0 Å². The molecule has 2 fully saturated rings. The lowest BCUT2D eigenvalue weighted by molar-refractivity contribution is 0.108. The summed E-state index contributed by atoms with van der Waals surface area (Å²) >= 11 is 0. The van der Waals surface area contributed by atoms with Crippen molar-refractivity contribution in [1.82, 2.24) is 5.32 Å². The summed E-state index contributed by atoms with van der Waals surface area (Å²) in [6, 6.07) is 10.7. The molecule has 0 aliphatic heterocycles. The monoisotopic (exact) mass is 268 g/mol. The molecule has 20 heavy (non-hydrogen) atoms. The topological polar surface area (TPSA) is 35.8 Å². The van der Waals surface area contributed by atoms with E-state index in [0.29, 0.717) is 16.9 Å². The number of fused-ring (bicyclic) bond motifs is 2. The van der Waals surface area contributed by atoms with Gasteiger partial charge in [-0.05, 0) is 53.7 Å². The largest absolute Gasteiger partial charge is 0.309 e. The zero-order valence-corrected chi connectivity index (χ0v) is 12.7. The Hall–Kier alpha value is -1.33. The minimum absolute atomic E-state index is 0.402. The summed E-state index contributed by atoms with van der Waals surface area (Å²) in [5.74, 6) is 0.881. The first-order chi connectivity index (χ1) is 9.45. The highest BCUT2D eigenvalue weighted by Gasteiger charge is 2.58. The fourth-order valence-electron chi connectivity index (χ4n) is 4.73. The summed E-state index contributed by atoms with van der Waals surface area (Å²) in [6.45, 7) is 8.22. The van der Waals surface area contributed by atoms with E-state index in [1.807, 2.05) is 12.1 Å². The van der Waals surface area contributed by atoms with Gasteiger partial charge in [0.05, 0.1) is 11.6 Å². The van der Waals surface area contributed by atoms with Gasteiger partial charge in [0.1, 0.15) is 0 Å². The molecule has 2 aliphatic carbocycles. The van der Waals surface area contributed by atoms with E-state index in [9.17, 15) is 0 Å². The Bertz CT molecular complexity index is 533. The molecule has 0 amide bonds. The van der Waals surface area contributed by atoms with Gasteiger partial charge in [0, 0.05) is 12.6 Å². The van der Waals surface area contributed by atoms with Gasteiger partial charge in [-0.25, -0.2) is 0 Å². The van der Waals surface area contributed by atoms with Crippen LogP contribution in [0.3, 0.4) is 0 Å². The van der Waals surface area contributed by atoms with Crippen molar-refractivity contribution in [3.05, 3.63) is 35.4 Å². The molecular formula is C18H24N2. The molecule has 2 heteroatoms. The first kappa shape index (κ1) is 13.6. The van der Waals surface area contributed by atoms with E-state index in [2.05, 4.69) is 44.3 Å². The maximum Gasteiger partial charge on any atom is 0.0991 e. The van der Waals surface area contributed by atoms with Crippen LogP contribution >= 0.6 is 0 Å². The predicted octanol–water partition coefficient (Wildman–Crippen LogP) is 3.86. The lowest BCUT2D eigenvalue weighted by Gasteiger charge is -2.43. The Kier molecular flexibility index (Phi) is 3.14. The molecule has 0 radical (unpaired) electrons. The third-order valence-electron chi connectivity index (χ3n) is 5.86. The minimum Gasteiger partial charge on any atom is -0.309 e. The summed E-state index contributed by atoms with van der Waals surface area (Å²) in [5, 5.41) is 12.7. The lowest BCUT2D eigenvalue weighted by atomic mass is 9.68. The maximum absolute atomic E-state index is 8.84. The van der Waals surface area contributed by atoms with Gasteiger partial charge in [-0.1, -0.05) is 32.9 Å². The van der Waals surface area contributed by atoms with Crippen molar-refractivity contribution in [2.24, 2.45) is 16.7 Å². The van der Waals surface area contributed by atoms with Crippen molar-refractivity contribution in [3.8, 4) is 6.07 Å². The second-order valence-electron chi connectivity index (χ2n) is 7.54. The van der Waals surface area contributed by atoms with E-state index < -0.39 is 0 Å². The van der Waals surface area contributed by atoms with Gasteiger partial charge in [0.2, 0.25) is 0 Å². The van der Waals surface area contributed by atoms with E-state index in [4.69, 9.17) is 5.26 Å². The Morgan fingerprint density at radius 1 is 1.25 bits per heavy atom. The van der Waals surface area contributed by atoms with Gasteiger partial charge < -0.3 is 5.32 Å². The van der Waals surface area contributed by atoms with Gasteiger partial charge >= 0.3 is 0 Å². The van der Waals surface area contributed by atoms with Crippen molar-refractivity contribution in [2.75, 3.05) is 0 Å². The highest BCUT2D eigenvalue weighted by Crippen LogP contribution is 2.62. The smallest absolute Gasteiger partial charge is 0.0991 e.